The molecule has 1 atom stereocenters. The molecule has 2 aromatic carbocycles. The first kappa shape index (κ1) is 17.1. The third kappa shape index (κ3) is 4.22. The topological polar surface area (TPSA) is 32.3 Å². The van der Waals surface area contributed by atoms with E-state index < -0.39 is 0 Å². The van der Waals surface area contributed by atoms with E-state index >= 15 is 0 Å². The van der Waals surface area contributed by atoms with E-state index in [1.165, 1.54) is 11.6 Å². The Labute approximate surface area is 150 Å². The van der Waals surface area contributed by atoms with Crippen LogP contribution in [0.25, 0.3) is 0 Å². The van der Waals surface area contributed by atoms with Crippen molar-refractivity contribution < 1.29 is 9.18 Å². The standard InChI is InChI=1S/C19H20BrFN2O/c20-16-8-9-17(21)15(11-16)12-22-19(24)18-7-4-10-23(18)13-14-5-2-1-3-6-14/h1-3,5-6,8-9,11,18H,4,7,10,12-13H2,(H,22,24). The van der Waals surface area contributed by atoms with Crippen LogP contribution in [0.2, 0.25) is 0 Å². The molecule has 1 aliphatic rings. The minimum absolute atomic E-state index is 0.0252. The fourth-order valence-corrected chi connectivity index (χ4v) is 3.52. The Morgan fingerprint density at radius 2 is 2.04 bits per heavy atom. The van der Waals surface area contributed by atoms with Crippen LogP contribution in [0, 0.1) is 5.82 Å². The summed E-state index contributed by atoms with van der Waals surface area (Å²) in [5.74, 6) is -0.325. The summed E-state index contributed by atoms with van der Waals surface area (Å²) in [5, 5.41) is 2.88. The smallest absolute Gasteiger partial charge is 0.237 e. The van der Waals surface area contributed by atoms with Gasteiger partial charge in [-0.15, -0.1) is 0 Å². The molecule has 1 N–H and O–H groups in total. The summed E-state index contributed by atoms with van der Waals surface area (Å²) in [4.78, 5) is 14.7. The Hall–Kier alpha value is -1.72. The van der Waals surface area contributed by atoms with E-state index in [1.54, 1.807) is 12.1 Å². The third-order valence-electron chi connectivity index (χ3n) is 4.36. The Morgan fingerprint density at radius 3 is 2.83 bits per heavy atom. The number of hydrogen-bond acceptors (Lipinski definition) is 2. The van der Waals surface area contributed by atoms with Crippen LogP contribution in [-0.2, 0) is 17.9 Å². The van der Waals surface area contributed by atoms with Gasteiger partial charge in [-0.25, -0.2) is 4.39 Å². The molecule has 1 amide bonds. The molecule has 5 heteroatoms. The first-order valence-corrected chi connectivity index (χ1v) is 8.92. The minimum Gasteiger partial charge on any atom is -0.351 e. The lowest BCUT2D eigenvalue weighted by Gasteiger charge is -2.23. The second kappa shape index (κ2) is 7.90. The molecule has 0 aromatic heterocycles. The summed E-state index contributed by atoms with van der Waals surface area (Å²) < 4.78 is 14.6. The van der Waals surface area contributed by atoms with Gasteiger partial charge in [0.05, 0.1) is 6.04 Å². The second-order valence-electron chi connectivity index (χ2n) is 6.07. The number of hydrogen-bond donors (Lipinski definition) is 1. The maximum absolute atomic E-state index is 13.8. The highest BCUT2D eigenvalue weighted by Gasteiger charge is 2.30. The van der Waals surface area contributed by atoms with E-state index in [2.05, 4.69) is 38.3 Å². The molecule has 3 nitrogen and oxygen atoms in total. The van der Waals surface area contributed by atoms with Gasteiger partial charge in [-0.2, -0.15) is 0 Å². The number of rotatable bonds is 5. The number of benzene rings is 2. The van der Waals surface area contributed by atoms with Crippen LogP contribution >= 0.6 is 15.9 Å². The summed E-state index contributed by atoms with van der Waals surface area (Å²) in [5.41, 5.74) is 1.69. The fraction of sp³-hybridized carbons (Fsp3) is 0.316. The van der Waals surface area contributed by atoms with Gasteiger partial charge >= 0.3 is 0 Å². The summed E-state index contributed by atoms with van der Waals surface area (Å²) in [6.07, 6.45) is 1.86. The molecular weight excluding hydrogens is 371 g/mol. The Bertz CT molecular complexity index is 708. The van der Waals surface area contributed by atoms with Crippen molar-refractivity contribution in [1.29, 1.82) is 0 Å². The number of likely N-dealkylation sites (tertiary alicyclic amines) is 1. The highest BCUT2D eigenvalue weighted by Crippen LogP contribution is 2.21. The molecule has 126 valence electrons. The monoisotopic (exact) mass is 390 g/mol. The number of nitrogens with zero attached hydrogens (tertiary/aromatic N) is 1. The molecule has 24 heavy (non-hydrogen) atoms. The van der Waals surface area contributed by atoms with Gasteiger partial charge in [-0.05, 0) is 43.1 Å². The Kier molecular flexibility index (Phi) is 5.63. The van der Waals surface area contributed by atoms with Crippen LogP contribution < -0.4 is 5.32 Å². The van der Waals surface area contributed by atoms with Crippen LogP contribution in [0.15, 0.2) is 53.0 Å². The second-order valence-corrected chi connectivity index (χ2v) is 6.98. The zero-order valence-corrected chi connectivity index (χ0v) is 14.9. The maximum Gasteiger partial charge on any atom is 0.237 e. The molecule has 1 unspecified atom stereocenters. The van der Waals surface area contributed by atoms with Crippen LogP contribution in [0.1, 0.15) is 24.0 Å². The van der Waals surface area contributed by atoms with E-state index in [9.17, 15) is 9.18 Å². The van der Waals surface area contributed by atoms with Crippen molar-refractivity contribution in [2.24, 2.45) is 0 Å². The SMILES string of the molecule is O=C(NCc1cc(Br)ccc1F)C1CCCN1Cc1ccccc1. The van der Waals surface area contributed by atoms with E-state index in [4.69, 9.17) is 0 Å². The van der Waals surface area contributed by atoms with Gasteiger partial charge in [0.1, 0.15) is 5.82 Å². The van der Waals surface area contributed by atoms with E-state index in [-0.39, 0.29) is 24.3 Å². The van der Waals surface area contributed by atoms with Crippen LogP contribution in [0.5, 0.6) is 0 Å². The summed E-state index contributed by atoms with van der Waals surface area (Å²) in [6, 6.07) is 14.8. The normalized spacial score (nSPS) is 17.8. The van der Waals surface area contributed by atoms with E-state index in [0.717, 1.165) is 30.4 Å². The molecular formula is C19H20BrFN2O. The molecule has 0 bridgehead atoms. The molecule has 1 saturated heterocycles. The highest BCUT2D eigenvalue weighted by molar-refractivity contribution is 9.10. The first-order chi connectivity index (χ1) is 11.6. The Morgan fingerprint density at radius 1 is 1.25 bits per heavy atom. The van der Waals surface area contributed by atoms with Crippen molar-refractivity contribution >= 4 is 21.8 Å². The number of amides is 1. The van der Waals surface area contributed by atoms with Gasteiger partial charge in [0, 0.05) is 23.1 Å². The number of nitrogens with one attached hydrogen (secondary N) is 1. The maximum atomic E-state index is 13.8. The van der Waals surface area contributed by atoms with Gasteiger partial charge in [0.25, 0.3) is 0 Å². The number of carbonyl (C=O) groups excluding carboxylic acids is 1. The van der Waals surface area contributed by atoms with E-state index in [1.807, 2.05) is 18.2 Å². The predicted octanol–water partition coefficient (Wildman–Crippen LogP) is 3.87. The molecule has 0 radical (unpaired) electrons. The lowest BCUT2D eigenvalue weighted by molar-refractivity contribution is -0.125. The van der Waals surface area contributed by atoms with Crippen LogP contribution in [0.3, 0.4) is 0 Å². The third-order valence-corrected chi connectivity index (χ3v) is 4.85. The zero-order valence-electron chi connectivity index (χ0n) is 13.3. The Balaban J connectivity index is 1.60. The summed E-state index contributed by atoms with van der Waals surface area (Å²) in [6.45, 7) is 1.89. The number of halogens is 2. The lowest BCUT2D eigenvalue weighted by Crippen LogP contribution is -2.42. The van der Waals surface area contributed by atoms with Crippen molar-refractivity contribution in [1.82, 2.24) is 10.2 Å². The van der Waals surface area contributed by atoms with Gasteiger partial charge < -0.3 is 5.32 Å². The van der Waals surface area contributed by atoms with Gasteiger partial charge in [-0.1, -0.05) is 46.3 Å². The molecule has 1 aliphatic heterocycles. The van der Waals surface area contributed by atoms with Crippen molar-refractivity contribution in [2.75, 3.05) is 6.54 Å². The van der Waals surface area contributed by atoms with Crippen LogP contribution in [0.4, 0.5) is 4.39 Å². The van der Waals surface area contributed by atoms with Crippen LogP contribution in [-0.4, -0.2) is 23.4 Å². The highest BCUT2D eigenvalue weighted by atomic mass is 79.9. The fourth-order valence-electron chi connectivity index (χ4n) is 3.11. The first-order valence-electron chi connectivity index (χ1n) is 8.13. The molecule has 1 heterocycles. The van der Waals surface area contributed by atoms with E-state index in [0.29, 0.717) is 5.56 Å². The van der Waals surface area contributed by atoms with Crippen molar-refractivity contribution in [2.45, 2.75) is 32.0 Å². The van der Waals surface area contributed by atoms with Gasteiger partial charge in [0.15, 0.2) is 0 Å². The minimum atomic E-state index is -0.300. The summed E-state index contributed by atoms with van der Waals surface area (Å²) in [7, 11) is 0. The quantitative estimate of drug-likeness (QED) is 0.840. The van der Waals surface area contributed by atoms with Crippen molar-refractivity contribution in [3.8, 4) is 0 Å². The molecule has 0 spiro atoms. The predicted molar refractivity (Wildman–Crippen MR) is 95.8 cm³/mol. The van der Waals surface area contributed by atoms with Crippen molar-refractivity contribution in [3.05, 3.63) is 69.9 Å². The molecule has 1 fully saturated rings. The van der Waals surface area contributed by atoms with Gasteiger partial charge in [-0.3, -0.25) is 9.69 Å². The number of carbonyl (C=O) groups is 1. The average Bonchev–Trinajstić information content (AvgIpc) is 3.04. The van der Waals surface area contributed by atoms with Gasteiger partial charge in [0.2, 0.25) is 5.91 Å². The zero-order chi connectivity index (χ0) is 16.9. The largest absolute Gasteiger partial charge is 0.351 e. The summed E-state index contributed by atoms with van der Waals surface area (Å²) >= 11 is 3.33. The van der Waals surface area contributed by atoms with Crippen molar-refractivity contribution in [3.63, 3.8) is 0 Å². The molecule has 2 aromatic rings. The molecule has 0 saturated carbocycles. The average molecular weight is 391 g/mol. The molecule has 0 aliphatic carbocycles. The molecule has 3 rings (SSSR count). The lowest BCUT2D eigenvalue weighted by atomic mass is 10.1.